The summed E-state index contributed by atoms with van der Waals surface area (Å²) in [6.45, 7) is 7.23. The van der Waals surface area contributed by atoms with Crippen molar-refractivity contribution in [2.24, 2.45) is 5.92 Å². The molecule has 8 heteroatoms. The van der Waals surface area contributed by atoms with Gasteiger partial charge in [-0.1, -0.05) is 20.8 Å². The van der Waals surface area contributed by atoms with Crippen molar-refractivity contribution in [3.8, 4) is 0 Å². The number of hydrogen-bond acceptors (Lipinski definition) is 5. The number of aromatic nitrogens is 2. The smallest absolute Gasteiger partial charge is 0.248 e. The summed E-state index contributed by atoms with van der Waals surface area (Å²) >= 11 is 1.58. The van der Waals surface area contributed by atoms with Crippen LogP contribution in [0.2, 0.25) is 0 Å². The molecule has 0 saturated heterocycles. The summed E-state index contributed by atoms with van der Waals surface area (Å²) in [5.41, 5.74) is 2.96. The van der Waals surface area contributed by atoms with Gasteiger partial charge in [0, 0.05) is 58.3 Å². The van der Waals surface area contributed by atoms with E-state index in [1.54, 1.807) is 12.1 Å². The molecule has 1 saturated carbocycles. The lowest BCUT2D eigenvalue weighted by Gasteiger charge is -2.30. The topological polar surface area (TPSA) is 36.3 Å². The van der Waals surface area contributed by atoms with Gasteiger partial charge < -0.3 is 18.5 Å². The fraction of sp³-hybridized carbons (Fsp3) is 0.609. The number of hydrogen-bond donors (Lipinski definition) is 1. The number of imidazole rings is 1. The molecule has 1 heterocycles. The lowest BCUT2D eigenvalue weighted by molar-refractivity contribution is -0.0473. The van der Waals surface area contributed by atoms with E-state index in [4.69, 9.17) is 4.98 Å². The summed E-state index contributed by atoms with van der Waals surface area (Å²) in [5.74, 6) is -1.21. The monoisotopic (exact) mass is 451 g/mol. The molecule has 1 aliphatic rings. The van der Waals surface area contributed by atoms with Crippen molar-refractivity contribution in [2.75, 3.05) is 25.4 Å². The molecule has 0 spiro atoms. The zero-order valence-electron chi connectivity index (χ0n) is 19.5. The molecule has 1 aromatic heterocycles. The Morgan fingerprint density at radius 1 is 1.26 bits per heavy atom. The largest absolute Gasteiger partial charge is 0.393 e. The van der Waals surface area contributed by atoms with E-state index in [9.17, 15) is 8.78 Å². The van der Waals surface area contributed by atoms with Gasteiger partial charge in [0.1, 0.15) is 5.82 Å². The molecule has 172 valence electrons. The van der Waals surface area contributed by atoms with Crippen LogP contribution in [0.15, 0.2) is 30.6 Å². The standard InChI is InChI=1S/C23H35F2N5S/c1-22(2,3)21-27-19-15-18(29(6)31-28(5)14-13-26-4)7-8-20(19)30(21)16-17-9-11-23(24,25)12-10-17/h7-8,13-15,17,26H,9-12,16H2,1-6H3/b14-13-. The van der Waals surface area contributed by atoms with Gasteiger partial charge in [-0.2, -0.15) is 0 Å². The van der Waals surface area contributed by atoms with Crippen molar-refractivity contribution < 1.29 is 8.78 Å². The maximum absolute atomic E-state index is 13.6. The average Bonchev–Trinajstić information content (AvgIpc) is 3.06. The van der Waals surface area contributed by atoms with Crippen LogP contribution in [0.5, 0.6) is 0 Å². The van der Waals surface area contributed by atoms with Crippen LogP contribution in [0.4, 0.5) is 14.5 Å². The molecule has 0 atom stereocenters. The Balaban J connectivity index is 1.87. The van der Waals surface area contributed by atoms with Gasteiger partial charge in [-0.25, -0.2) is 13.8 Å². The molecule has 31 heavy (non-hydrogen) atoms. The Kier molecular flexibility index (Phi) is 7.08. The van der Waals surface area contributed by atoms with Gasteiger partial charge in [0.2, 0.25) is 5.92 Å². The predicted molar refractivity (Wildman–Crippen MR) is 127 cm³/mol. The summed E-state index contributed by atoms with van der Waals surface area (Å²) in [4.78, 5) is 4.99. The van der Waals surface area contributed by atoms with Gasteiger partial charge in [0.25, 0.3) is 0 Å². The molecule has 1 aliphatic carbocycles. The highest BCUT2D eigenvalue weighted by Crippen LogP contribution is 2.38. The first-order chi connectivity index (χ1) is 14.5. The lowest BCUT2D eigenvalue weighted by atomic mass is 9.86. The van der Waals surface area contributed by atoms with E-state index in [0.29, 0.717) is 12.8 Å². The molecule has 5 nitrogen and oxygen atoms in total. The second-order valence-corrected chi connectivity index (χ2v) is 10.8. The Hall–Kier alpha value is -1.96. The third-order valence-corrected chi connectivity index (χ3v) is 6.58. The Morgan fingerprint density at radius 2 is 1.94 bits per heavy atom. The van der Waals surface area contributed by atoms with E-state index in [2.05, 4.69) is 53.2 Å². The highest BCUT2D eigenvalue weighted by molar-refractivity contribution is 7.98. The van der Waals surface area contributed by atoms with Crippen molar-refractivity contribution in [2.45, 2.75) is 64.3 Å². The maximum atomic E-state index is 13.6. The zero-order chi connectivity index (χ0) is 22.8. The summed E-state index contributed by atoms with van der Waals surface area (Å²) in [5, 5.41) is 2.99. The molecule has 0 aliphatic heterocycles. The zero-order valence-corrected chi connectivity index (χ0v) is 20.3. The molecule has 1 N–H and O–H groups in total. The molecule has 1 fully saturated rings. The number of fused-ring (bicyclic) bond motifs is 1. The number of nitrogens with one attached hydrogen (secondary N) is 1. The molecular weight excluding hydrogens is 416 g/mol. The second kappa shape index (κ2) is 9.27. The highest BCUT2D eigenvalue weighted by atomic mass is 32.2. The molecule has 0 radical (unpaired) electrons. The van der Waals surface area contributed by atoms with Crippen molar-refractivity contribution in [1.29, 1.82) is 0 Å². The van der Waals surface area contributed by atoms with Crippen LogP contribution >= 0.6 is 12.1 Å². The quantitative estimate of drug-likeness (QED) is 0.540. The molecule has 0 unspecified atom stereocenters. The van der Waals surface area contributed by atoms with Crippen molar-refractivity contribution >= 4 is 28.9 Å². The number of halogens is 2. The number of anilines is 1. The van der Waals surface area contributed by atoms with Crippen molar-refractivity contribution in [1.82, 2.24) is 19.2 Å². The number of benzene rings is 1. The van der Waals surface area contributed by atoms with Gasteiger partial charge in [-0.15, -0.1) is 0 Å². The normalized spacial score (nSPS) is 17.4. The van der Waals surface area contributed by atoms with Crippen LogP contribution in [-0.2, 0) is 12.0 Å². The molecule has 3 rings (SSSR count). The van der Waals surface area contributed by atoms with Crippen LogP contribution < -0.4 is 9.62 Å². The minimum Gasteiger partial charge on any atom is -0.393 e. The van der Waals surface area contributed by atoms with Crippen molar-refractivity contribution in [3.63, 3.8) is 0 Å². The fourth-order valence-corrected chi connectivity index (χ4v) is 4.77. The summed E-state index contributed by atoms with van der Waals surface area (Å²) in [6.07, 6.45) is 4.97. The van der Waals surface area contributed by atoms with Crippen LogP contribution in [-0.4, -0.2) is 40.9 Å². The van der Waals surface area contributed by atoms with E-state index in [-0.39, 0.29) is 24.2 Å². The molecule has 0 bridgehead atoms. The fourth-order valence-electron chi connectivity index (χ4n) is 4.06. The minimum atomic E-state index is -2.49. The predicted octanol–water partition coefficient (Wildman–Crippen LogP) is 5.78. The molecule has 2 aromatic rings. The van der Waals surface area contributed by atoms with E-state index in [1.807, 2.05) is 37.8 Å². The third-order valence-electron chi connectivity index (χ3n) is 5.75. The number of alkyl halides is 2. The first kappa shape index (κ1) is 23.7. The number of nitrogens with zero attached hydrogens (tertiary/aromatic N) is 4. The van der Waals surface area contributed by atoms with Gasteiger partial charge >= 0.3 is 0 Å². The first-order valence-electron chi connectivity index (χ1n) is 10.9. The molecule has 1 aromatic carbocycles. The maximum Gasteiger partial charge on any atom is 0.248 e. The van der Waals surface area contributed by atoms with E-state index < -0.39 is 5.92 Å². The lowest BCUT2D eigenvalue weighted by Crippen LogP contribution is -2.28. The number of rotatable bonds is 7. The van der Waals surface area contributed by atoms with Crippen LogP contribution in [0.1, 0.15) is 52.3 Å². The SMILES string of the molecule is CN/C=C\N(C)SN(C)c1ccc2c(c1)nc(C(C)(C)C)n2CC1CCC(F)(F)CC1. The summed E-state index contributed by atoms with van der Waals surface area (Å²) < 4.78 is 33.6. The average molecular weight is 452 g/mol. The van der Waals surface area contributed by atoms with Gasteiger partial charge in [0.15, 0.2) is 0 Å². The van der Waals surface area contributed by atoms with Crippen LogP contribution in [0.25, 0.3) is 11.0 Å². The Bertz CT molecular complexity index is 909. The van der Waals surface area contributed by atoms with Crippen molar-refractivity contribution in [3.05, 3.63) is 36.4 Å². The Labute approximate surface area is 189 Å². The second-order valence-electron chi connectivity index (χ2n) is 9.50. The summed E-state index contributed by atoms with van der Waals surface area (Å²) in [6, 6.07) is 6.33. The highest BCUT2D eigenvalue weighted by Gasteiger charge is 2.35. The van der Waals surface area contributed by atoms with E-state index >= 15 is 0 Å². The summed E-state index contributed by atoms with van der Waals surface area (Å²) in [7, 11) is 5.89. The minimum absolute atomic E-state index is 0.00315. The van der Waals surface area contributed by atoms with E-state index in [0.717, 1.165) is 29.1 Å². The molecule has 0 amide bonds. The molecular formula is C23H35F2N5S. The first-order valence-corrected chi connectivity index (χ1v) is 11.6. The van der Waals surface area contributed by atoms with Gasteiger partial charge in [-0.3, -0.25) is 0 Å². The van der Waals surface area contributed by atoms with Gasteiger partial charge in [0.05, 0.1) is 28.9 Å². The van der Waals surface area contributed by atoms with Crippen LogP contribution in [0.3, 0.4) is 0 Å². The Morgan fingerprint density at radius 3 is 2.55 bits per heavy atom. The van der Waals surface area contributed by atoms with E-state index in [1.165, 1.54) is 0 Å². The third kappa shape index (κ3) is 5.84. The van der Waals surface area contributed by atoms with Gasteiger partial charge in [-0.05, 0) is 37.0 Å². The van der Waals surface area contributed by atoms with Crippen LogP contribution in [0, 0.1) is 5.92 Å².